The van der Waals surface area contributed by atoms with Gasteiger partial charge in [-0.1, -0.05) is 76.2 Å². The van der Waals surface area contributed by atoms with Crippen LogP contribution in [0.2, 0.25) is 18.1 Å². The van der Waals surface area contributed by atoms with Crippen molar-refractivity contribution in [3.05, 3.63) is 53.6 Å². The average Bonchev–Trinajstić information content (AvgIpc) is 2.78. The summed E-state index contributed by atoms with van der Waals surface area (Å²) in [7, 11) is -0.465. The van der Waals surface area contributed by atoms with Gasteiger partial charge in [-0.2, -0.15) is 0 Å². The summed E-state index contributed by atoms with van der Waals surface area (Å²) in [6.45, 7) is 4.83. The van der Waals surface area contributed by atoms with Crippen LogP contribution in [0.25, 0.3) is 11.1 Å². The summed E-state index contributed by atoms with van der Waals surface area (Å²) in [6, 6.07) is 14.5. The molecular formula is C27H38F2OSi. The standard InChI is InChI=1S/C27H38F2OSi/c1-3-5-6-16-31-17-13-21(14-18-31)7-8-22-9-11-24(26(28)19-22)25-12-10-23(20-27(25)29)30-15-4-2/h9-12,19-21,31H,3-8,13-18H2,1-2H3. The first-order valence-corrected chi connectivity index (χ1v) is 14.8. The van der Waals surface area contributed by atoms with E-state index in [-0.39, 0.29) is 5.82 Å². The zero-order valence-corrected chi connectivity index (χ0v) is 20.4. The monoisotopic (exact) mass is 444 g/mol. The van der Waals surface area contributed by atoms with Gasteiger partial charge < -0.3 is 4.74 Å². The minimum atomic E-state index is -0.465. The van der Waals surface area contributed by atoms with Gasteiger partial charge in [0.25, 0.3) is 0 Å². The van der Waals surface area contributed by atoms with Crippen molar-refractivity contribution < 1.29 is 13.5 Å². The summed E-state index contributed by atoms with van der Waals surface area (Å²) >= 11 is 0. The van der Waals surface area contributed by atoms with Crippen molar-refractivity contribution in [1.82, 2.24) is 0 Å². The second kappa shape index (κ2) is 12.4. The van der Waals surface area contributed by atoms with Crippen molar-refractivity contribution in [3.8, 4) is 16.9 Å². The molecule has 170 valence electrons. The van der Waals surface area contributed by atoms with Gasteiger partial charge in [0.2, 0.25) is 0 Å². The molecule has 0 N–H and O–H groups in total. The van der Waals surface area contributed by atoms with Gasteiger partial charge in [0, 0.05) is 26.0 Å². The van der Waals surface area contributed by atoms with Gasteiger partial charge in [-0.3, -0.25) is 0 Å². The van der Waals surface area contributed by atoms with Crippen LogP contribution in [0.3, 0.4) is 0 Å². The highest BCUT2D eigenvalue weighted by Crippen LogP contribution is 2.32. The predicted molar refractivity (Wildman–Crippen MR) is 130 cm³/mol. The summed E-state index contributed by atoms with van der Waals surface area (Å²) in [6.07, 6.45) is 9.84. The number of hydrogen-bond donors (Lipinski definition) is 0. The molecule has 0 atom stereocenters. The number of ether oxygens (including phenoxy) is 1. The molecule has 1 aliphatic rings. The van der Waals surface area contributed by atoms with E-state index in [1.54, 1.807) is 24.3 Å². The molecule has 0 aromatic heterocycles. The molecule has 1 saturated heterocycles. The first-order chi connectivity index (χ1) is 15.1. The van der Waals surface area contributed by atoms with E-state index >= 15 is 0 Å². The van der Waals surface area contributed by atoms with Crippen LogP contribution in [-0.4, -0.2) is 15.4 Å². The molecule has 0 saturated carbocycles. The van der Waals surface area contributed by atoms with E-state index in [4.69, 9.17) is 4.74 Å². The van der Waals surface area contributed by atoms with E-state index in [0.717, 1.165) is 30.7 Å². The number of benzene rings is 2. The van der Waals surface area contributed by atoms with E-state index in [1.165, 1.54) is 56.3 Å². The minimum Gasteiger partial charge on any atom is -0.494 e. The number of halogens is 2. The summed E-state index contributed by atoms with van der Waals surface area (Å²) in [5.41, 5.74) is 1.63. The maximum atomic E-state index is 14.8. The average molecular weight is 445 g/mol. The Morgan fingerprint density at radius 2 is 1.61 bits per heavy atom. The molecular weight excluding hydrogens is 406 g/mol. The predicted octanol–water partition coefficient (Wildman–Crippen LogP) is 8.18. The van der Waals surface area contributed by atoms with Crippen molar-refractivity contribution in [3.63, 3.8) is 0 Å². The maximum absolute atomic E-state index is 14.8. The van der Waals surface area contributed by atoms with Gasteiger partial charge in [0.1, 0.15) is 17.4 Å². The fourth-order valence-corrected chi connectivity index (χ4v) is 8.44. The summed E-state index contributed by atoms with van der Waals surface area (Å²) in [5.74, 6) is 0.500. The molecule has 0 amide bonds. The molecule has 1 nitrogen and oxygen atoms in total. The second-order valence-corrected chi connectivity index (χ2v) is 12.7. The highest BCUT2D eigenvalue weighted by atomic mass is 28.3. The zero-order chi connectivity index (χ0) is 22.1. The number of hydrogen-bond acceptors (Lipinski definition) is 1. The SMILES string of the molecule is CCCCC[SiH]1CCC(CCc2ccc(-c3ccc(OCCC)cc3F)c(F)c2)CC1. The van der Waals surface area contributed by atoms with Crippen molar-refractivity contribution in [2.45, 2.75) is 83.3 Å². The van der Waals surface area contributed by atoms with Crippen LogP contribution in [0, 0.1) is 17.6 Å². The first-order valence-electron chi connectivity index (χ1n) is 12.3. The molecule has 2 aromatic rings. The lowest BCUT2D eigenvalue weighted by Gasteiger charge is -2.27. The van der Waals surface area contributed by atoms with E-state index in [2.05, 4.69) is 6.92 Å². The number of rotatable bonds is 11. The summed E-state index contributed by atoms with van der Waals surface area (Å²) < 4.78 is 34.8. The Morgan fingerprint density at radius 1 is 0.903 bits per heavy atom. The first kappa shape index (κ1) is 24.0. The van der Waals surface area contributed by atoms with Gasteiger partial charge in [0.15, 0.2) is 0 Å². The van der Waals surface area contributed by atoms with Crippen molar-refractivity contribution in [2.24, 2.45) is 5.92 Å². The molecule has 2 aromatic carbocycles. The second-order valence-electron chi connectivity index (χ2n) is 9.23. The minimum absolute atomic E-state index is 0.291. The van der Waals surface area contributed by atoms with Crippen LogP contribution in [0.15, 0.2) is 36.4 Å². The normalized spacial score (nSPS) is 18.8. The molecule has 0 spiro atoms. The third kappa shape index (κ3) is 7.17. The highest BCUT2D eigenvalue weighted by molar-refractivity contribution is 6.58. The Morgan fingerprint density at radius 3 is 2.26 bits per heavy atom. The Hall–Kier alpha value is -1.68. The molecule has 3 rings (SSSR count). The Kier molecular flexibility index (Phi) is 9.57. The summed E-state index contributed by atoms with van der Waals surface area (Å²) in [4.78, 5) is 0. The van der Waals surface area contributed by atoms with Crippen LogP contribution >= 0.6 is 0 Å². The van der Waals surface area contributed by atoms with Gasteiger partial charge in [0.05, 0.1) is 6.61 Å². The Balaban J connectivity index is 1.52. The third-order valence-electron chi connectivity index (χ3n) is 6.76. The lowest BCUT2D eigenvalue weighted by molar-refractivity contribution is 0.316. The van der Waals surface area contributed by atoms with Crippen molar-refractivity contribution in [1.29, 1.82) is 0 Å². The molecule has 0 radical (unpaired) electrons. The van der Waals surface area contributed by atoms with Gasteiger partial charge in [-0.25, -0.2) is 8.78 Å². The lowest BCUT2D eigenvalue weighted by Crippen LogP contribution is -2.21. The van der Waals surface area contributed by atoms with Gasteiger partial charge >= 0.3 is 0 Å². The molecule has 0 unspecified atom stereocenters. The summed E-state index contributed by atoms with van der Waals surface area (Å²) in [5, 5.41) is 0. The largest absolute Gasteiger partial charge is 0.494 e. The van der Waals surface area contributed by atoms with E-state index in [9.17, 15) is 8.78 Å². The molecule has 31 heavy (non-hydrogen) atoms. The maximum Gasteiger partial charge on any atom is 0.134 e. The quantitative estimate of drug-likeness (QED) is 0.251. The Bertz CT molecular complexity index is 815. The molecule has 0 aliphatic carbocycles. The topological polar surface area (TPSA) is 9.23 Å². The number of aryl methyl sites for hydroxylation is 1. The van der Waals surface area contributed by atoms with Crippen LogP contribution in [-0.2, 0) is 6.42 Å². The van der Waals surface area contributed by atoms with Crippen LogP contribution in [0.1, 0.15) is 64.4 Å². The van der Waals surface area contributed by atoms with Gasteiger partial charge in [-0.15, -0.1) is 0 Å². The number of unbranched alkanes of at least 4 members (excludes halogenated alkanes) is 2. The fourth-order valence-electron chi connectivity index (χ4n) is 4.82. The molecule has 1 aliphatic heterocycles. The molecule has 1 fully saturated rings. The third-order valence-corrected chi connectivity index (χ3v) is 10.3. The highest BCUT2D eigenvalue weighted by Gasteiger charge is 2.22. The molecule has 0 bridgehead atoms. The smallest absolute Gasteiger partial charge is 0.134 e. The van der Waals surface area contributed by atoms with Crippen LogP contribution in [0.4, 0.5) is 8.78 Å². The molecule has 4 heteroatoms. The van der Waals surface area contributed by atoms with Crippen LogP contribution in [0.5, 0.6) is 5.75 Å². The fraction of sp³-hybridized carbons (Fsp3) is 0.556. The van der Waals surface area contributed by atoms with E-state index in [0.29, 0.717) is 23.5 Å². The van der Waals surface area contributed by atoms with Crippen molar-refractivity contribution >= 4 is 8.80 Å². The van der Waals surface area contributed by atoms with E-state index < -0.39 is 14.6 Å². The molecule has 1 heterocycles. The van der Waals surface area contributed by atoms with Crippen LogP contribution < -0.4 is 4.74 Å². The zero-order valence-electron chi connectivity index (χ0n) is 19.3. The van der Waals surface area contributed by atoms with Crippen molar-refractivity contribution in [2.75, 3.05) is 6.61 Å². The van der Waals surface area contributed by atoms with Gasteiger partial charge in [-0.05, 0) is 48.9 Å². The Labute approximate surface area is 188 Å². The lowest BCUT2D eigenvalue weighted by atomic mass is 9.93. The van der Waals surface area contributed by atoms with E-state index in [1.807, 2.05) is 13.0 Å².